The summed E-state index contributed by atoms with van der Waals surface area (Å²) in [5.41, 5.74) is 0. The maximum Gasteiger partial charge on any atom is 0.220 e. The zero-order chi connectivity index (χ0) is 39.5. The van der Waals surface area contributed by atoms with Gasteiger partial charge in [-0.2, -0.15) is 0 Å². The number of nitrogens with one attached hydrogen (secondary N) is 1. The van der Waals surface area contributed by atoms with E-state index in [0.717, 1.165) is 38.5 Å². The van der Waals surface area contributed by atoms with Gasteiger partial charge in [0.25, 0.3) is 0 Å². The van der Waals surface area contributed by atoms with Gasteiger partial charge in [-0.15, -0.1) is 0 Å². The Bertz CT molecular complexity index is 899. The molecule has 318 valence electrons. The smallest absolute Gasteiger partial charge is 0.220 e. The molecular formula is C45H85NO8. The first-order chi connectivity index (χ1) is 26.3. The molecule has 1 aliphatic rings. The molecule has 0 aromatic heterocycles. The van der Waals surface area contributed by atoms with E-state index < -0.39 is 49.5 Å². The molecule has 1 rings (SSSR count). The molecule has 9 heteroatoms. The van der Waals surface area contributed by atoms with Gasteiger partial charge in [0.15, 0.2) is 6.29 Å². The summed E-state index contributed by atoms with van der Waals surface area (Å²) in [7, 11) is 0. The van der Waals surface area contributed by atoms with E-state index in [2.05, 4.69) is 31.3 Å². The van der Waals surface area contributed by atoms with Crippen molar-refractivity contribution in [3.05, 3.63) is 24.3 Å². The van der Waals surface area contributed by atoms with Crippen molar-refractivity contribution in [3.63, 3.8) is 0 Å². The molecule has 1 heterocycles. The molecule has 1 amide bonds. The number of amides is 1. The molecule has 0 bridgehead atoms. The van der Waals surface area contributed by atoms with Crippen LogP contribution in [0.5, 0.6) is 0 Å². The van der Waals surface area contributed by atoms with Gasteiger partial charge in [-0.3, -0.25) is 4.79 Å². The Labute approximate surface area is 330 Å². The fourth-order valence-electron chi connectivity index (χ4n) is 7.11. The minimum Gasteiger partial charge on any atom is -0.394 e. The Hall–Kier alpha value is -1.33. The average molecular weight is 768 g/mol. The van der Waals surface area contributed by atoms with Crippen LogP contribution in [0.4, 0.5) is 0 Å². The minimum absolute atomic E-state index is 0.201. The van der Waals surface area contributed by atoms with Crippen molar-refractivity contribution in [1.29, 1.82) is 0 Å². The molecule has 0 aliphatic carbocycles. The van der Waals surface area contributed by atoms with Crippen LogP contribution in [0.1, 0.15) is 200 Å². The predicted molar refractivity (Wildman–Crippen MR) is 221 cm³/mol. The summed E-state index contributed by atoms with van der Waals surface area (Å²) in [4.78, 5) is 12.5. The molecule has 1 aliphatic heterocycles. The molecule has 0 radical (unpaired) electrons. The monoisotopic (exact) mass is 768 g/mol. The lowest BCUT2D eigenvalue weighted by atomic mass is 9.99. The fourth-order valence-corrected chi connectivity index (χ4v) is 7.11. The first-order valence-corrected chi connectivity index (χ1v) is 22.6. The van der Waals surface area contributed by atoms with Crippen molar-refractivity contribution in [2.24, 2.45) is 0 Å². The molecule has 9 nitrogen and oxygen atoms in total. The van der Waals surface area contributed by atoms with E-state index in [1.165, 1.54) is 141 Å². The SMILES string of the molecule is CCCCCCCCCCCCCCCCCCCCCCCC/C=C/CC/C=C/C(O)C(COC1OC(CO)C(O)C(O)C1O)NC(=O)CCCCC. The zero-order valence-corrected chi connectivity index (χ0v) is 34.7. The first kappa shape index (κ1) is 50.7. The van der Waals surface area contributed by atoms with E-state index in [4.69, 9.17) is 9.47 Å². The van der Waals surface area contributed by atoms with E-state index in [1.54, 1.807) is 6.08 Å². The van der Waals surface area contributed by atoms with Gasteiger partial charge in [-0.25, -0.2) is 0 Å². The maximum atomic E-state index is 12.5. The van der Waals surface area contributed by atoms with Gasteiger partial charge in [0.1, 0.15) is 24.4 Å². The van der Waals surface area contributed by atoms with Gasteiger partial charge >= 0.3 is 0 Å². The lowest BCUT2D eigenvalue weighted by molar-refractivity contribution is -0.302. The summed E-state index contributed by atoms with van der Waals surface area (Å²) in [6, 6.07) is -0.813. The normalized spacial score (nSPS) is 21.6. The van der Waals surface area contributed by atoms with Crippen LogP contribution in [0.25, 0.3) is 0 Å². The van der Waals surface area contributed by atoms with E-state index in [0.29, 0.717) is 6.42 Å². The quantitative estimate of drug-likeness (QED) is 0.0271. The van der Waals surface area contributed by atoms with Crippen LogP contribution < -0.4 is 5.32 Å². The number of hydrogen-bond donors (Lipinski definition) is 6. The third-order valence-corrected chi connectivity index (χ3v) is 10.8. The van der Waals surface area contributed by atoms with Gasteiger partial charge in [-0.05, 0) is 32.1 Å². The van der Waals surface area contributed by atoms with Crippen LogP contribution in [0.3, 0.4) is 0 Å². The molecule has 1 saturated heterocycles. The summed E-state index contributed by atoms with van der Waals surface area (Å²) in [5, 5.41) is 53.5. The number of ether oxygens (including phenoxy) is 2. The van der Waals surface area contributed by atoms with E-state index in [-0.39, 0.29) is 12.5 Å². The van der Waals surface area contributed by atoms with Gasteiger partial charge in [-0.1, -0.05) is 186 Å². The number of hydrogen-bond acceptors (Lipinski definition) is 8. The number of rotatable bonds is 37. The molecule has 54 heavy (non-hydrogen) atoms. The molecule has 7 unspecified atom stereocenters. The van der Waals surface area contributed by atoms with E-state index >= 15 is 0 Å². The number of unbranched alkanes of at least 4 members (excludes halogenated alkanes) is 25. The zero-order valence-electron chi connectivity index (χ0n) is 34.7. The van der Waals surface area contributed by atoms with Crippen molar-refractivity contribution in [2.45, 2.75) is 243 Å². The van der Waals surface area contributed by atoms with Crippen LogP contribution in [0.2, 0.25) is 0 Å². The molecule has 1 fully saturated rings. The van der Waals surface area contributed by atoms with Crippen LogP contribution >= 0.6 is 0 Å². The summed E-state index contributed by atoms with van der Waals surface area (Å²) >= 11 is 0. The van der Waals surface area contributed by atoms with Crippen molar-refractivity contribution in [3.8, 4) is 0 Å². The summed E-state index contributed by atoms with van der Waals surface area (Å²) in [6.45, 7) is 3.58. The molecule has 0 aromatic rings. The second-order valence-electron chi connectivity index (χ2n) is 15.8. The Morgan fingerprint density at radius 1 is 0.611 bits per heavy atom. The maximum absolute atomic E-state index is 12.5. The van der Waals surface area contributed by atoms with Crippen molar-refractivity contribution in [1.82, 2.24) is 5.32 Å². The summed E-state index contributed by atoms with van der Waals surface area (Å²) in [5.74, 6) is -0.211. The molecular weight excluding hydrogens is 682 g/mol. The van der Waals surface area contributed by atoms with Gasteiger partial charge < -0.3 is 40.3 Å². The van der Waals surface area contributed by atoms with Gasteiger partial charge in [0.2, 0.25) is 5.91 Å². The highest BCUT2D eigenvalue weighted by Gasteiger charge is 2.44. The third kappa shape index (κ3) is 26.5. The van der Waals surface area contributed by atoms with Gasteiger partial charge in [0.05, 0.1) is 25.4 Å². The highest BCUT2D eigenvalue weighted by Crippen LogP contribution is 2.22. The highest BCUT2D eigenvalue weighted by atomic mass is 16.7. The molecule has 7 atom stereocenters. The Kier molecular flexibility index (Phi) is 33.8. The van der Waals surface area contributed by atoms with Crippen molar-refractivity contribution < 1.29 is 39.8 Å². The third-order valence-electron chi connectivity index (χ3n) is 10.8. The van der Waals surface area contributed by atoms with E-state index in [9.17, 15) is 30.3 Å². The van der Waals surface area contributed by atoms with Crippen LogP contribution in [-0.4, -0.2) is 87.5 Å². The first-order valence-electron chi connectivity index (χ1n) is 22.6. The topological polar surface area (TPSA) is 149 Å². The average Bonchev–Trinajstić information content (AvgIpc) is 3.17. The molecule has 0 aromatic carbocycles. The number of aliphatic hydroxyl groups is 5. The largest absolute Gasteiger partial charge is 0.394 e. The van der Waals surface area contributed by atoms with Crippen molar-refractivity contribution >= 4 is 5.91 Å². The fraction of sp³-hybridized carbons (Fsp3) is 0.889. The summed E-state index contributed by atoms with van der Waals surface area (Å²) < 4.78 is 11.1. The summed E-state index contributed by atoms with van der Waals surface area (Å²) in [6.07, 6.45) is 36.3. The lowest BCUT2D eigenvalue weighted by Crippen LogP contribution is -2.60. The molecule has 0 saturated carbocycles. The Morgan fingerprint density at radius 2 is 1.06 bits per heavy atom. The number of allylic oxidation sites excluding steroid dienone is 3. The minimum atomic E-state index is -1.57. The Balaban J connectivity index is 2.10. The van der Waals surface area contributed by atoms with Crippen molar-refractivity contribution in [2.75, 3.05) is 13.2 Å². The molecule has 6 N–H and O–H groups in total. The van der Waals surface area contributed by atoms with Crippen LogP contribution in [0.15, 0.2) is 24.3 Å². The Morgan fingerprint density at radius 3 is 1.56 bits per heavy atom. The van der Waals surface area contributed by atoms with Crippen LogP contribution in [0, 0.1) is 0 Å². The second-order valence-corrected chi connectivity index (χ2v) is 15.8. The van der Waals surface area contributed by atoms with E-state index in [1.807, 2.05) is 6.08 Å². The number of carbonyl (C=O) groups excluding carboxylic acids is 1. The van der Waals surface area contributed by atoms with Crippen LogP contribution in [-0.2, 0) is 14.3 Å². The second kappa shape index (κ2) is 36.0. The standard InChI is InChI=1S/C45H85NO8/c1-3-5-7-8-9-10-11-12-13-14-15-16-17-18-19-20-21-22-23-24-25-26-27-28-29-30-31-33-34-39(48)38(46-41(49)35-32-6-4-2)37-53-45-44(52)43(51)42(50)40(36-47)54-45/h28-29,33-34,38-40,42-45,47-48,50-52H,3-27,30-32,35-37H2,1-2H3,(H,46,49)/b29-28+,34-33+. The molecule has 0 spiro atoms. The number of aliphatic hydroxyl groups excluding tert-OH is 5. The number of carbonyl (C=O) groups is 1. The van der Waals surface area contributed by atoms with Gasteiger partial charge in [0, 0.05) is 6.42 Å². The predicted octanol–water partition coefficient (Wildman–Crippen LogP) is 9.11. The highest BCUT2D eigenvalue weighted by molar-refractivity contribution is 5.76. The lowest BCUT2D eigenvalue weighted by Gasteiger charge is -2.40.